The van der Waals surface area contributed by atoms with Crippen molar-refractivity contribution in [3.63, 3.8) is 0 Å². The number of nitrogens with zero attached hydrogens (tertiary/aromatic N) is 1. The van der Waals surface area contributed by atoms with E-state index in [0.29, 0.717) is 0 Å². The molecule has 5 nitrogen and oxygen atoms in total. The molecular formula is C12H15N3O2. The predicted octanol–water partition coefficient (Wildman–Crippen LogP) is 1.86. The molecule has 0 aromatic heterocycles. The Bertz CT molecular complexity index is 495. The average molecular weight is 233 g/mol. The Morgan fingerprint density at radius 1 is 1.47 bits per heavy atom. The van der Waals surface area contributed by atoms with Crippen molar-refractivity contribution in [2.75, 3.05) is 18.8 Å². The molecule has 1 aliphatic heterocycles. The molecule has 17 heavy (non-hydrogen) atoms. The Balaban J connectivity index is 2.50. The number of nitro groups is 1. The Morgan fingerprint density at radius 2 is 2.24 bits per heavy atom. The van der Waals surface area contributed by atoms with Crippen LogP contribution in [0, 0.1) is 17.0 Å². The summed E-state index contributed by atoms with van der Waals surface area (Å²) in [6.45, 7) is 3.65. The van der Waals surface area contributed by atoms with Crippen LogP contribution in [0.2, 0.25) is 0 Å². The van der Waals surface area contributed by atoms with Gasteiger partial charge in [-0.1, -0.05) is 6.08 Å². The number of aryl methyl sites for hydroxylation is 1. The largest absolute Gasteiger partial charge is 0.393 e. The molecule has 0 bridgehead atoms. The fourth-order valence-corrected chi connectivity index (χ4v) is 2.09. The normalized spacial score (nSPS) is 15.5. The van der Waals surface area contributed by atoms with Gasteiger partial charge in [-0.15, -0.1) is 0 Å². The molecule has 1 heterocycles. The van der Waals surface area contributed by atoms with Crippen LogP contribution in [0.4, 0.5) is 11.4 Å². The molecule has 0 saturated carbocycles. The number of nitrogens with two attached hydrogens (primary N) is 1. The second kappa shape index (κ2) is 4.55. The van der Waals surface area contributed by atoms with Gasteiger partial charge in [-0.2, -0.15) is 0 Å². The first-order valence-electron chi connectivity index (χ1n) is 5.54. The number of rotatable bonds is 2. The van der Waals surface area contributed by atoms with Crippen LogP contribution in [0.25, 0.3) is 5.57 Å². The summed E-state index contributed by atoms with van der Waals surface area (Å²) in [5.74, 6) is 0. The lowest BCUT2D eigenvalue weighted by Gasteiger charge is -2.16. The lowest BCUT2D eigenvalue weighted by atomic mass is 9.95. The third-order valence-electron chi connectivity index (χ3n) is 2.98. The van der Waals surface area contributed by atoms with Crippen LogP contribution in [-0.4, -0.2) is 18.0 Å². The summed E-state index contributed by atoms with van der Waals surface area (Å²) < 4.78 is 0. The number of nitrogens with one attached hydrogen (secondary N) is 1. The highest BCUT2D eigenvalue weighted by Gasteiger charge is 2.17. The van der Waals surface area contributed by atoms with Gasteiger partial charge in [0.05, 0.1) is 4.92 Å². The van der Waals surface area contributed by atoms with Crippen LogP contribution in [0.1, 0.15) is 17.5 Å². The van der Waals surface area contributed by atoms with Crippen LogP contribution in [0.5, 0.6) is 0 Å². The van der Waals surface area contributed by atoms with E-state index < -0.39 is 4.92 Å². The molecule has 90 valence electrons. The lowest BCUT2D eigenvalue weighted by molar-refractivity contribution is -0.383. The van der Waals surface area contributed by atoms with Crippen molar-refractivity contribution in [3.05, 3.63) is 39.4 Å². The van der Waals surface area contributed by atoms with Crippen molar-refractivity contribution < 1.29 is 4.92 Å². The fourth-order valence-electron chi connectivity index (χ4n) is 2.09. The molecule has 0 aliphatic carbocycles. The summed E-state index contributed by atoms with van der Waals surface area (Å²) in [7, 11) is 0. The van der Waals surface area contributed by atoms with Crippen LogP contribution >= 0.6 is 0 Å². The van der Waals surface area contributed by atoms with E-state index in [9.17, 15) is 10.1 Å². The Kier molecular flexibility index (Phi) is 3.10. The predicted molar refractivity (Wildman–Crippen MR) is 67.7 cm³/mol. The van der Waals surface area contributed by atoms with Gasteiger partial charge in [0.25, 0.3) is 5.69 Å². The minimum atomic E-state index is -0.431. The van der Waals surface area contributed by atoms with E-state index in [1.54, 1.807) is 12.1 Å². The molecule has 0 fully saturated rings. The van der Waals surface area contributed by atoms with E-state index >= 15 is 0 Å². The molecule has 3 N–H and O–H groups in total. The Hall–Kier alpha value is -1.88. The van der Waals surface area contributed by atoms with Crippen molar-refractivity contribution in [1.82, 2.24) is 5.32 Å². The van der Waals surface area contributed by atoms with Gasteiger partial charge in [-0.25, -0.2) is 0 Å². The quantitative estimate of drug-likeness (QED) is 0.464. The standard InChI is InChI=1S/C12H15N3O2/c1-8-6-11(13)12(15(16)17)7-10(8)9-2-4-14-5-3-9/h2,6-7,14H,3-5,13H2,1H3. The van der Waals surface area contributed by atoms with Crippen molar-refractivity contribution in [2.24, 2.45) is 0 Å². The summed E-state index contributed by atoms with van der Waals surface area (Å²) in [6, 6.07) is 3.26. The summed E-state index contributed by atoms with van der Waals surface area (Å²) >= 11 is 0. The smallest absolute Gasteiger partial charge is 0.292 e. The highest BCUT2D eigenvalue weighted by molar-refractivity contribution is 5.75. The van der Waals surface area contributed by atoms with Crippen molar-refractivity contribution in [3.8, 4) is 0 Å². The SMILES string of the molecule is Cc1cc(N)c([N+](=O)[O-])cc1C1=CCNCC1. The molecule has 0 radical (unpaired) electrons. The number of benzene rings is 1. The maximum atomic E-state index is 10.9. The van der Waals surface area contributed by atoms with Gasteiger partial charge in [-0.3, -0.25) is 10.1 Å². The maximum absolute atomic E-state index is 10.9. The van der Waals surface area contributed by atoms with Gasteiger partial charge in [0.2, 0.25) is 0 Å². The highest BCUT2D eigenvalue weighted by Crippen LogP contribution is 2.31. The van der Waals surface area contributed by atoms with Gasteiger partial charge in [0.1, 0.15) is 5.69 Å². The molecule has 0 unspecified atom stereocenters. The van der Waals surface area contributed by atoms with E-state index in [4.69, 9.17) is 5.73 Å². The molecule has 1 aromatic carbocycles. The molecule has 2 rings (SSSR count). The Labute approximate surface area is 99.5 Å². The van der Waals surface area contributed by atoms with Crippen LogP contribution < -0.4 is 11.1 Å². The second-order valence-corrected chi connectivity index (χ2v) is 4.17. The van der Waals surface area contributed by atoms with E-state index in [0.717, 1.165) is 36.2 Å². The van der Waals surface area contributed by atoms with Gasteiger partial charge >= 0.3 is 0 Å². The Morgan fingerprint density at radius 3 is 2.82 bits per heavy atom. The number of hydrogen-bond donors (Lipinski definition) is 2. The molecule has 5 heteroatoms. The topological polar surface area (TPSA) is 81.2 Å². The molecule has 0 amide bonds. The van der Waals surface area contributed by atoms with E-state index in [1.807, 2.05) is 6.92 Å². The lowest BCUT2D eigenvalue weighted by Crippen LogP contribution is -2.20. The minimum Gasteiger partial charge on any atom is -0.393 e. The van der Waals surface area contributed by atoms with Gasteiger partial charge < -0.3 is 11.1 Å². The summed E-state index contributed by atoms with van der Waals surface area (Å²) in [4.78, 5) is 10.4. The summed E-state index contributed by atoms with van der Waals surface area (Å²) in [5.41, 5.74) is 8.95. The number of nitrogen functional groups attached to an aromatic ring is 1. The number of anilines is 1. The van der Waals surface area contributed by atoms with Crippen molar-refractivity contribution in [2.45, 2.75) is 13.3 Å². The summed E-state index contributed by atoms with van der Waals surface area (Å²) in [5, 5.41) is 14.1. The molecule has 1 aliphatic rings. The molecule has 0 spiro atoms. The van der Waals surface area contributed by atoms with Gasteiger partial charge in [-0.05, 0) is 42.7 Å². The third-order valence-corrected chi connectivity index (χ3v) is 2.98. The molecule has 0 saturated heterocycles. The zero-order chi connectivity index (χ0) is 12.4. The zero-order valence-corrected chi connectivity index (χ0v) is 9.69. The second-order valence-electron chi connectivity index (χ2n) is 4.17. The van der Waals surface area contributed by atoms with Crippen LogP contribution in [0.15, 0.2) is 18.2 Å². The molecule has 1 aromatic rings. The minimum absolute atomic E-state index is 0.00923. The first-order valence-corrected chi connectivity index (χ1v) is 5.54. The number of hydrogen-bond acceptors (Lipinski definition) is 4. The van der Waals surface area contributed by atoms with E-state index in [-0.39, 0.29) is 11.4 Å². The summed E-state index contributed by atoms with van der Waals surface area (Å²) in [6.07, 6.45) is 2.97. The van der Waals surface area contributed by atoms with E-state index in [1.165, 1.54) is 0 Å². The fraction of sp³-hybridized carbons (Fsp3) is 0.333. The van der Waals surface area contributed by atoms with Crippen LogP contribution in [-0.2, 0) is 0 Å². The third kappa shape index (κ3) is 2.29. The van der Waals surface area contributed by atoms with Gasteiger partial charge in [0, 0.05) is 12.6 Å². The van der Waals surface area contributed by atoms with Crippen LogP contribution in [0.3, 0.4) is 0 Å². The maximum Gasteiger partial charge on any atom is 0.292 e. The molecular weight excluding hydrogens is 218 g/mol. The molecule has 0 atom stereocenters. The zero-order valence-electron chi connectivity index (χ0n) is 9.69. The van der Waals surface area contributed by atoms with Gasteiger partial charge in [0.15, 0.2) is 0 Å². The number of nitro benzene ring substituents is 1. The van der Waals surface area contributed by atoms with Crippen molar-refractivity contribution >= 4 is 16.9 Å². The monoisotopic (exact) mass is 233 g/mol. The van der Waals surface area contributed by atoms with E-state index in [2.05, 4.69) is 11.4 Å². The highest BCUT2D eigenvalue weighted by atomic mass is 16.6. The van der Waals surface area contributed by atoms with Crippen molar-refractivity contribution in [1.29, 1.82) is 0 Å². The first kappa shape index (κ1) is 11.6. The first-order chi connectivity index (χ1) is 8.09. The average Bonchev–Trinajstić information content (AvgIpc) is 2.29.